The maximum atomic E-state index is 13.4. The van der Waals surface area contributed by atoms with Crippen LogP contribution in [0.5, 0.6) is 0 Å². The van der Waals surface area contributed by atoms with Crippen molar-refractivity contribution >= 4 is 17.8 Å². The number of esters is 1. The molecule has 3 aromatic rings. The number of rotatable bonds is 7. The zero-order chi connectivity index (χ0) is 24.0. The number of carbonyl (C=O) groups is 2. The van der Waals surface area contributed by atoms with Crippen molar-refractivity contribution in [1.82, 2.24) is 15.0 Å². The summed E-state index contributed by atoms with van der Waals surface area (Å²) in [5, 5.41) is 14.3. The van der Waals surface area contributed by atoms with E-state index in [-0.39, 0.29) is 18.4 Å². The summed E-state index contributed by atoms with van der Waals surface area (Å²) in [7, 11) is 1.95. The van der Waals surface area contributed by atoms with Crippen molar-refractivity contribution in [2.24, 2.45) is 0 Å². The number of nitrogens with one attached hydrogen (secondary N) is 1. The van der Waals surface area contributed by atoms with Gasteiger partial charge in [-0.15, -0.1) is 0 Å². The molecule has 34 heavy (non-hydrogen) atoms. The van der Waals surface area contributed by atoms with E-state index in [0.29, 0.717) is 28.6 Å². The molecule has 1 fully saturated rings. The lowest BCUT2D eigenvalue weighted by molar-refractivity contribution is -0.909. The summed E-state index contributed by atoms with van der Waals surface area (Å²) in [6, 6.07) is 17.6. The molecule has 1 aliphatic rings. The van der Waals surface area contributed by atoms with Crippen LogP contribution in [0, 0.1) is 0 Å². The monoisotopic (exact) mass is 462 g/mol. The fraction of sp³-hybridized carbons (Fsp3) is 0.320. The van der Waals surface area contributed by atoms with Crippen LogP contribution in [0.2, 0.25) is 0 Å². The molecule has 0 spiro atoms. The maximum absolute atomic E-state index is 13.4. The van der Waals surface area contributed by atoms with Gasteiger partial charge in [-0.2, -0.15) is 0 Å². The van der Waals surface area contributed by atoms with Gasteiger partial charge in [0.1, 0.15) is 19.2 Å². The van der Waals surface area contributed by atoms with E-state index < -0.39 is 17.7 Å². The number of likely N-dealkylation sites (N-methyl/N-ethyl adjacent to an activating group) is 1. The topological polar surface area (TPSA) is 114 Å². The Balaban J connectivity index is 1.47. The van der Waals surface area contributed by atoms with Crippen molar-refractivity contribution < 1.29 is 23.9 Å². The van der Waals surface area contributed by atoms with Gasteiger partial charge in [-0.1, -0.05) is 60.7 Å². The molecule has 0 saturated carbocycles. The van der Waals surface area contributed by atoms with Crippen LogP contribution in [-0.4, -0.2) is 69.2 Å². The average molecular weight is 463 g/mol. The predicted octanol–water partition coefficient (Wildman–Crippen LogP) is 1.90. The van der Waals surface area contributed by atoms with Crippen LogP contribution >= 0.6 is 0 Å². The lowest BCUT2D eigenvalue weighted by Gasteiger charge is -2.41. The molecular weight excluding hydrogens is 434 g/mol. The Kier molecular flexibility index (Phi) is 6.95. The number of carbonyl (C=O) groups excluding carboxylic acids is 2. The van der Waals surface area contributed by atoms with Crippen LogP contribution < -0.4 is 5.32 Å². The van der Waals surface area contributed by atoms with Gasteiger partial charge in [0.05, 0.1) is 13.6 Å². The molecule has 0 bridgehead atoms. The molecule has 2 N–H and O–H groups in total. The standard InChI is InChI=1S/C25H27N5O4/c1-30(16-22(31)29-24-27-17-26-18-28-24)14-8-13-21(15-30)34-23(32)25(33,19-9-4-2-5-10-19)20-11-6-3-7-12-20/h2-7,9-12,17-18,21,33H,8,13-16H2,1H3/p+1/t21?,30-/m1/s1. The van der Waals surface area contributed by atoms with Crippen LogP contribution in [-0.2, 0) is 19.9 Å². The number of likely N-dealkylation sites (tertiary alicyclic amines) is 1. The second-order valence-electron chi connectivity index (χ2n) is 8.81. The van der Waals surface area contributed by atoms with Gasteiger partial charge in [-0.05, 0) is 17.5 Å². The van der Waals surface area contributed by atoms with E-state index in [1.807, 2.05) is 19.2 Å². The minimum absolute atomic E-state index is 0.182. The van der Waals surface area contributed by atoms with E-state index in [0.717, 1.165) is 13.0 Å². The minimum Gasteiger partial charge on any atom is -0.454 e. The lowest BCUT2D eigenvalue weighted by atomic mass is 9.86. The van der Waals surface area contributed by atoms with Crippen LogP contribution in [0.3, 0.4) is 0 Å². The Hall–Kier alpha value is -3.69. The zero-order valence-electron chi connectivity index (χ0n) is 19.0. The van der Waals surface area contributed by atoms with Crippen LogP contribution in [0.25, 0.3) is 0 Å². The molecule has 0 radical (unpaired) electrons. The van der Waals surface area contributed by atoms with Crippen LogP contribution in [0.1, 0.15) is 24.0 Å². The number of hydrogen-bond donors (Lipinski definition) is 2. The summed E-state index contributed by atoms with van der Waals surface area (Å²) in [5.41, 5.74) is -1.05. The SMILES string of the molecule is C[N@@+]1(CC(=O)Nc2ncncn2)CCCC(OC(=O)C(O)(c2ccccc2)c2ccccc2)C1. The molecule has 2 atom stereocenters. The smallest absolute Gasteiger partial charge is 0.348 e. The zero-order valence-corrected chi connectivity index (χ0v) is 19.0. The molecule has 9 heteroatoms. The number of anilines is 1. The number of piperidine rings is 1. The molecule has 1 unspecified atom stereocenters. The fourth-order valence-electron chi connectivity index (χ4n) is 4.43. The summed E-state index contributed by atoms with van der Waals surface area (Å²) >= 11 is 0. The largest absolute Gasteiger partial charge is 0.454 e. The number of benzene rings is 2. The van der Waals surface area contributed by atoms with E-state index in [1.54, 1.807) is 48.5 Å². The Morgan fingerprint density at radius 3 is 2.24 bits per heavy atom. The van der Waals surface area contributed by atoms with Gasteiger partial charge in [-0.3, -0.25) is 10.1 Å². The number of quaternary nitrogens is 1. The Labute approximate surface area is 198 Å². The Morgan fingerprint density at radius 2 is 1.65 bits per heavy atom. The van der Waals surface area contributed by atoms with Gasteiger partial charge >= 0.3 is 5.97 Å². The first-order valence-corrected chi connectivity index (χ1v) is 11.2. The van der Waals surface area contributed by atoms with E-state index in [2.05, 4.69) is 20.3 Å². The van der Waals surface area contributed by atoms with Crippen molar-refractivity contribution in [3.05, 3.63) is 84.4 Å². The van der Waals surface area contributed by atoms with Gasteiger partial charge in [0.2, 0.25) is 11.5 Å². The molecule has 2 aromatic carbocycles. The highest BCUT2D eigenvalue weighted by atomic mass is 16.6. The predicted molar refractivity (Wildman–Crippen MR) is 124 cm³/mol. The molecule has 4 rings (SSSR count). The molecule has 1 aromatic heterocycles. The van der Waals surface area contributed by atoms with E-state index in [1.165, 1.54) is 12.7 Å². The molecule has 1 saturated heterocycles. The highest BCUT2D eigenvalue weighted by Gasteiger charge is 2.44. The van der Waals surface area contributed by atoms with Crippen molar-refractivity contribution in [1.29, 1.82) is 0 Å². The highest BCUT2D eigenvalue weighted by molar-refractivity contribution is 5.89. The van der Waals surface area contributed by atoms with Gasteiger partial charge in [-0.25, -0.2) is 19.7 Å². The first kappa shape index (κ1) is 23.5. The van der Waals surface area contributed by atoms with Gasteiger partial charge in [0, 0.05) is 6.42 Å². The number of nitrogens with zero attached hydrogens (tertiary/aromatic N) is 4. The first-order chi connectivity index (χ1) is 16.4. The molecule has 9 nitrogen and oxygen atoms in total. The first-order valence-electron chi connectivity index (χ1n) is 11.2. The van der Waals surface area contributed by atoms with Gasteiger partial charge in [0.15, 0.2) is 12.6 Å². The van der Waals surface area contributed by atoms with Crippen LogP contribution in [0.15, 0.2) is 73.3 Å². The van der Waals surface area contributed by atoms with E-state index in [4.69, 9.17) is 4.74 Å². The summed E-state index contributed by atoms with van der Waals surface area (Å²) < 4.78 is 6.28. The van der Waals surface area contributed by atoms with Crippen LogP contribution in [0.4, 0.5) is 5.95 Å². The molecule has 1 amide bonds. The molecular formula is C25H28N5O4+. The molecule has 0 aliphatic carbocycles. The quantitative estimate of drug-likeness (QED) is 0.407. The van der Waals surface area contributed by atoms with E-state index >= 15 is 0 Å². The second kappa shape index (κ2) is 10.1. The maximum Gasteiger partial charge on any atom is 0.348 e. The van der Waals surface area contributed by atoms with Gasteiger partial charge < -0.3 is 14.3 Å². The average Bonchev–Trinajstić information content (AvgIpc) is 2.85. The summed E-state index contributed by atoms with van der Waals surface area (Å²) in [6.07, 6.45) is 3.64. The normalized spacial score (nSPS) is 20.4. The number of aromatic nitrogens is 3. The molecule has 176 valence electrons. The molecule has 1 aliphatic heterocycles. The lowest BCUT2D eigenvalue weighted by Crippen LogP contribution is -2.57. The third-order valence-corrected chi connectivity index (χ3v) is 6.09. The second-order valence-corrected chi connectivity index (χ2v) is 8.81. The molecule has 2 heterocycles. The number of ether oxygens (including phenoxy) is 1. The fourth-order valence-corrected chi connectivity index (χ4v) is 4.43. The summed E-state index contributed by atoms with van der Waals surface area (Å²) in [6.45, 7) is 1.40. The number of amides is 1. The third kappa shape index (κ3) is 5.27. The minimum atomic E-state index is -1.93. The van der Waals surface area contributed by atoms with Crippen molar-refractivity contribution in [2.75, 3.05) is 32.0 Å². The summed E-state index contributed by atoms with van der Waals surface area (Å²) in [5.74, 6) is -0.758. The Morgan fingerprint density at radius 1 is 1.06 bits per heavy atom. The third-order valence-electron chi connectivity index (χ3n) is 6.09. The van der Waals surface area contributed by atoms with Gasteiger partial charge in [0.25, 0.3) is 5.91 Å². The highest BCUT2D eigenvalue weighted by Crippen LogP contribution is 2.32. The van der Waals surface area contributed by atoms with Crippen molar-refractivity contribution in [3.8, 4) is 0 Å². The van der Waals surface area contributed by atoms with E-state index in [9.17, 15) is 14.7 Å². The van der Waals surface area contributed by atoms with Crippen molar-refractivity contribution in [3.63, 3.8) is 0 Å². The number of hydrogen-bond acceptors (Lipinski definition) is 7. The van der Waals surface area contributed by atoms with Crippen molar-refractivity contribution in [2.45, 2.75) is 24.5 Å². The Bertz CT molecular complexity index is 1070. The summed E-state index contributed by atoms with van der Waals surface area (Å²) in [4.78, 5) is 37.6. The number of aliphatic hydroxyl groups is 1.